The molecule has 0 aliphatic rings. The molecule has 0 saturated heterocycles. The van der Waals surface area contributed by atoms with Crippen LogP contribution < -0.4 is 5.32 Å². The van der Waals surface area contributed by atoms with Crippen LogP contribution in [0.5, 0.6) is 0 Å². The van der Waals surface area contributed by atoms with Crippen LogP contribution in [-0.4, -0.2) is 32.7 Å². The Morgan fingerprint density at radius 2 is 1.77 bits per heavy atom. The topological polar surface area (TPSA) is 66.5 Å². The lowest BCUT2D eigenvalue weighted by Gasteiger charge is -2.11. The molecular weight excluding hydrogens is 320 g/mol. The summed E-state index contributed by atoms with van der Waals surface area (Å²) in [7, 11) is -0.526. The summed E-state index contributed by atoms with van der Waals surface area (Å²) in [5.74, 6) is -0.222. The zero-order valence-electron chi connectivity index (χ0n) is 12.7. The monoisotopic (exact) mass is 338 g/mol. The number of nitrogens with one attached hydrogen (secondary N) is 1. The standard InChI is InChI=1S/C15H18N2O3S2/c1-11-4-7-13(21-11)10-16-15(18)12-5-8-14(9-6-12)22(19,20)17(2)3/h4-9H,10H2,1-3H3,(H,16,18). The molecule has 0 saturated carbocycles. The van der Waals surface area contributed by atoms with Crippen molar-refractivity contribution in [3.8, 4) is 0 Å². The van der Waals surface area contributed by atoms with Crippen LogP contribution in [0.1, 0.15) is 20.1 Å². The van der Waals surface area contributed by atoms with Gasteiger partial charge in [-0.15, -0.1) is 11.3 Å². The maximum absolute atomic E-state index is 12.1. The minimum Gasteiger partial charge on any atom is -0.347 e. The molecule has 1 heterocycles. The Morgan fingerprint density at radius 1 is 1.14 bits per heavy atom. The second-order valence-corrected chi connectivity index (χ2v) is 8.53. The van der Waals surface area contributed by atoms with Gasteiger partial charge in [0, 0.05) is 29.4 Å². The van der Waals surface area contributed by atoms with Crippen LogP contribution in [0.4, 0.5) is 0 Å². The number of carbonyl (C=O) groups is 1. The molecule has 118 valence electrons. The molecule has 1 aromatic heterocycles. The number of thiophene rings is 1. The van der Waals surface area contributed by atoms with E-state index in [1.807, 2.05) is 19.1 Å². The predicted molar refractivity (Wildman–Crippen MR) is 87.5 cm³/mol. The maximum Gasteiger partial charge on any atom is 0.251 e. The van der Waals surface area contributed by atoms with Crippen molar-refractivity contribution in [1.29, 1.82) is 0 Å². The van der Waals surface area contributed by atoms with E-state index < -0.39 is 10.0 Å². The van der Waals surface area contributed by atoms with E-state index in [-0.39, 0.29) is 10.8 Å². The lowest BCUT2D eigenvalue weighted by atomic mass is 10.2. The third-order valence-electron chi connectivity index (χ3n) is 3.11. The minimum atomic E-state index is -3.47. The Balaban J connectivity index is 2.05. The summed E-state index contributed by atoms with van der Waals surface area (Å²) in [6.07, 6.45) is 0. The highest BCUT2D eigenvalue weighted by atomic mass is 32.2. The quantitative estimate of drug-likeness (QED) is 0.909. The second-order valence-electron chi connectivity index (χ2n) is 5.01. The van der Waals surface area contributed by atoms with Crippen LogP contribution in [-0.2, 0) is 16.6 Å². The van der Waals surface area contributed by atoms with Gasteiger partial charge in [-0.25, -0.2) is 12.7 Å². The van der Waals surface area contributed by atoms with E-state index in [1.165, 1.54) is 43.2 Å². The zero-order chi connectivity index (χ0) is 16.3. The third kappa shape index (κ3) is 3.73. The van der Waals surface area contributed by atoms with Gasteiger partial charge in [-0.1, -0.05) is 0 Å². The SMILES string of the molecule is Cc1ccc(CNC(=O)c2ccc(S(=O)(=O)N(C)C)cc2)s1. The van der Waals surface area contributed by atoms with Crippen LogP contribution >= 0.6 is 11.3 Å². The Labute approximate surface area is 134 Å². The predicted octanol–water partition coefficient (Wildman–Crippen LogP) is 2.24. The van der Waals surface area contributed by atoms with Crippen molar-refractivity contribution >= 4 is 27.3 Å². The van der Waals surface area contributed by atoms with Crippen molar-refractivity contribution in [2.24, 2.45) is 0 Å². The van der Waals surface area contributed by atoms with E-state index >= 15 is 0 Å². The third-order valence-corrected chi connectivity index (χ3v) is 5.94. The zero-order valence-corrected chi connectivity index (χ0v) is 14.3. The molecule has 0 aliphatic heterocycles. The van der Waals surface area contributed by atoms with Crippen LogP contribution in [0.3, 0.4) is 0 Å². The molecule has 0 aliphatic carbocycles. The first-order chi connectivity index (χ1) is 10.3. The van der Waals surface area contributed by atoms with Crippen LogP contribution in [0.25, 0.3) is 0 Å². The number of benzene rings is 1. The van der Waals surface area contributed by atoms with Crippen LogP contribution in [0.2, 0.25) is 0 Å². The van der Waals surface area contributed by atoms with Crippen LogP contribution in [0.15, 0.2) is 41.3 Å². The van der Waals surface area contributed by atoms with Gasteiger partial charge in [0.05, 0.1) is 11.4 Å². The minimum absolute atomic E-state index is 0.169. The van der Waals surface area contributed by atoms with E-state index in [0.717, 1.165) is 9.18 Å². The van der Waals surface area contributed by atoms with E-state index in [0.29, 0.717) is 12.1 Å². The summed E-state index contributed by atoms with van der Waals surface area (Å²) in [5.41, 5.74) is 0.436. The molecular formula is C15H18N2O3S2. The molecule has 0 radical (unpaired) electrons. The summed E-state index contributed by atoms with van der Waals surface area (Å²) in [4.78, 5) is 14.5. The summed E-state index contributed by atoms with van der Waals surface area (Å²) in [6, 6.07) is 9.91. The summed E-state index contributed by atoms with van der Waals surface area (Å²) in [6.45, 7) is 2.48. The highest BCUT2D eigenvalue weighted by Crippen LogP contribution is 2.16. The smallest absolute Gasteiger partial charge is 0.251 e. The Morgan fingerprint density at radius 3 is 2.27 bits per heavy atom. The fourth-order valence-corrected chi connectivity index (χ4v) is 3.57. The Kier molecular flexibility index (Phi) is 5.00. The van der Waals surface area contributed by atoms with E-state index in [4.69, 9.17) is 0 Å². The fraction of sp³-hybridized carbons (Fsp3) is 0.267. The van der Waals surface area contributed by atoms with Gasteiger partial charge < -0.3 is 5.32 Å². The summed E-state index contributed by atoms with van der Waals surface area (Å²) < 4.78 is 25.0. The van der Waals surface area contributed by atoms with Crippen molar-refractivity contribution in [1.82, 2.24) is 9.62 Å². The molecule has 0 unspecified atom stereocenters. The van der Waals surface area contributed by atoms with Gasteiger partial charge in [0.1, 0.15) is 0 Å². The highest BCUT2D eigenvalue weighted by Gasteiger charge is 2.17. The number of sulfonamides is 1. The average molecular weight is 338 g/mol. The summed E-state index contributed by atoms with van der Waals surface area (Å²) in [5, 5.41) is 2.82. The molecule has 1 amide bonds. The lowest BCUT2D eigenvalue weighted by molar-refractivity contribution is 0.0951. The molecule has 0 spiro atoms. The maximum atomic E-state index is 12.1. The number of carbonyl (C=O) groups excluding carboxylic acids is 1. The van der Waals surface area contributed by atoms with Gasteiger partial charge in [-0.3, -0.25) is 4.79 Å². The molecule has 1 aromatic carbocycles. The number of hydrogen-bond donors (Lipinski definition) is 1. The molecule has 0 atom stereocenters. The Hall–Kier alpha value is -1.70. The highest BCUT2D eigenvalue weighted by molar-refractivity contribution is 7.89. The molecule has 1 N–H and O–H groups in total. The molecule has 5 nitrogen and oxygen atoms in total. The molecule has 22 heavy (non-hydrogen) atoms. The number of hydrogen-bond acceptors (Lipinski definition) is 4. The van der Waals surface area contributed by atoms with E-state index in [2.05, 4.69) is 5.32 Å². The van der Waals surface area contributed by atoms with Crippen molar-refractivity contribution in [3.63, 3.8) is 0 Å². The number of aryl methyl sites for hydroxylation is 1. The average Bonchev–Trinajstić information content (AvgIpc) is 2.90. The number of nitrogens with zero attached hydrogens (tertiary/aromatic N) is 1. The van der Waals surface area contributed by atoms with Crippen molar-refractivity contribution in [3.05, 3.63) is 51.7 Å². The number of amides is 1. The van der Waals surface area contributed by atoms with Gasteiger partial charge in [-0.2, -0.15) is 0 Å². The molecule has 2 aromatic rings. The van der Waals surface area contributed by atoms with Gasteiger partial charge in [0.2, 0.25) is 10.0 Å². The first-order valence-corrected chi connectivity index (χ1v) is 8.92. The van der Waals surface area contributed by atoms with Gasteiger partial charge >= 0.3 is 0 Å². The second kappa shape index (κ2) is 6.60. The normalized spacial score (nSPS) is 11.6. The van der Waals surface area contributed by atoms with Gasteiger partial charge in [0.25, 0.3) is 5.91 Å². The molecule has 7 heteroatoms. The van der Waals surface area contributed by atoms with Crippen molar-refractivity contribution in [2.45, 2.75) is 18.4 Å². The first-order valence-electron chi connectivity index (χ1n) is 6.67. The fourth-order valence-electron chi connectivity index (χ4n) is 1.84. The van der Waals surface area contributed by atoms with E-state index in [9.17, 15) is 13.2 Å². The lowest BCUT2D eigenvalue weighted by Crippen LogP contribution is -2.23. The van der Waals surface area contributed by atoms with Crippen molar-refractivity contribution < 1.29 is 13.2 Å². The first kappa shape index (κ1) is 16.7. The molecule has 0 fully saturated rings. The Bertz CT molecular complexity index is 762. The van der Waals surface area contributed by atoms with Crippen molar-refractivity contribution in [2.75, 3.05) is 14.1 Å². The molecule has 2 rings (SSSR count). The summed E-state index contributed by atoms with van der Waals surface area (Å²) >= 11 is 1.63. The van der Waals surface area contributed by atoms with Crippen LogP contribution in [0, 0.1) is 6.92 Å². The molecule has 0 bridgehead atoms. The van der Waals surface area contributed by atoms with Gasteiger partial charge in [-0.05, 0) is 43.3 Å². The van der Waals surface area contributed by atoms with E-state index in [1.54, 1.807) is 11.3 Å². The van der Waals surface area contributed by atoms with Gasteiger partial charge in [0.15, 0.2) is 0 Å². The number of rotatable bonds is 5. The largest absolute Gasteiger partial charge is 0.347 e.